The molecule has 0 unspecified atom stereocenters. The van der Waals surface area contributed by atoms with Gasteiger partial charge in [0.15, 0.2) is 23.1 Å². The molecule has 23 heteroatoms. The number of aromatic nitrogens is 12. The monoisotopic (exact) mass is 2060 g/mol. The molecule has 16 saturated carbocycles. The number of hydrogen-bond donors (Lipinski definition) is 4. The number of aliphatic hydroxyl groups is 4. The van der Waals surface area contributed by atoms with Crippen molar-refractivity contribution < 1.29 is 53.8 Å². The van der Waals surface area contributed by atoms with E-state index in [0.29, 0.717) is 170 Å². The van der Waals surface area contributed by atoms with Gasteiger partial charge in [0.2, 0.25) is 0 Å². The summed E-state index contributed by atoms with van der Waals surface area (Å²) in [5.74, 6) is 18.4. The van der Waals surface area contributed by atoms with E-state index in [1.165, 1.54) is 109 Å². The summed E-state index contributed by atoms with van der Waals surface area (Å²) in [6.45, 7) is 48.0. The molecule has 16 fully saturated rings. The zero-order valence-electron chi connectivity index (χ0n) is 95.6. The first-order valence-corrected chi connectivity index (χ1v) is 59.8. The van der Waals surface area contributed by atoms with Crippen molar-refractivity contribution in [3.05, 3.63) is 79.3 Å². The molecule has 16 aliphatic rings. The first kappa shape index (κ1) is 108. The van der Waals surface area contributed by atoms with Gasteiger partial charge in [-0.2, -0.15) is 20.1 Å². The van der Waals surface area contributed by atoms with Gasteiger partial charge < -0.3 is 34.6 Å². The highest BCUT2D eigenvalue weighted by atomic mass is 16.5. The minimum Gasteiger partial charge on any atom is -0.497 e. The molecule has 23 nitrogen and oxygen atoms in total. The van der Waals surface area contributed by atoms with Gasteiger partial charge in [-0.05, 0) is 461 Å². The average Bonchev–Trinajstić information content (AvgIpc) is 1.55. The summed E-state index contributed by atoms with van der Waals surface area (Å²) in [5, 5.41) is 75.8. The number of ether oxygens (including phenoxy) is 3. The molecule has 0 amide bonds. The van der Waals surface area contributed by atoms with Crippen LogP contribution < -0.4 is 14.2 Å². The zero-order chi connectivity index (χ0) is 107. The Kier molecular flexibility index (Phi) is 28.5. The molecule has 24 rings (SSSR count). The van der Waals surface area contributed by atoms with Gasteiger partial charge in [-0.1, -0.05) is 121 Å². The van der Waals surface area contributed by atoms with Crippen molar-refractivity contribution in [1.29, 1.82) is 0 Å². The van der Waals surface area contributed by atoms with Gasteiger partial charge in [-0.25, -0.2) is 9.36 Å². The van der Waals surface area contributed by atoms with E-state index in [-0.39, 0.29) is 58.4 Å². The average molecular weight is 2060 g/mol. The van der Waals surface area contributed by atoms with Crippen LogP contribution in [0.2, 0.25) is 0 Å². The normalized spacial score (nSPS) is 43.0. The second kappa shape index (κ2) is 39.6. The molecule has 150 heavy (non-hydrogen) atoms. The molecule has 0 saturated heterocycles. The van der Waals surface area contributed by atoms with Crippen molar-refractivity contribution in [2.75, 3.05) is 21.3 Å². The fraction of sp³-hybridized carbons (Fsp3) is 0.780. The molecule has 5 aromatic heterocycles. The van der Waals surface area contributed by atoms with Crippen LogP contribution in [-0.4, -0.2) is 147 Å². The molecule has 0 bridgehead atoms. The fourth-order valence-corrected chi connectivity index (χ4v) is 40.7. The number of methoxy groups -OCH3 is 3. The lowest BCUT2D eigenvalue weighted by Gasteiger charge is -2.61. The number of rotatable bonds is 19. The molecule has 820 valence electrons. The van der Waals surface area contributed by atoms with Gasteiger partial charge in [0, 0.05) is 59.7 Å². The van der Waals surface area contributed by atoms with E-state index in [1.54, 1.807) is 47.9 Å². The molecule has 0 radical (unpaired) electrons. The number of carbonyl (C=O) groups excluding carboxylic acids is 4. The Morgan fingerprint density at radius 1 is 0.333 bits per heavy atom. The van der Waals surface area contributed by atoms with Crippen LogP contribution in [0.5, 0.6) is 17.2 Å². The van der Waals surface area contributed by atoms with Crippen molar-refractivity contribution in [3.63, 3.8) is 0 Å². The van der Waals surface area contributed by atoms with Crippen LogP contribution in [0.1, 0.15) is 344 Å². The standard InChI is InChI=1S/3C32H47N3O3.C31H45N3O2/c1-19(2)23-16-25-22-9-7-20-17-30(3,37)13-14-31(20,4)24(22)11-12-32(25,5)29(23)28(36)18-35-27-10-8-21(38-6)15-26(27)33-34-35;1-19(2)23-16-25-22-9-7-20-17-30(3,37)13-14-31(20,4)24(22)11-12-32(25,5)29(23)28(36)18-35-27-15-21(38-6)8-10-26(27)33-34-35;1-19(2)23-16-25-22-9-7-20-17-30(3,37)13-14-31(20,4)24(22)11-12-32(25,5)29(23)28(36)18-35-33-26-10-8-21(38-6)15-27(26)34-35;1-19(2)23-14-25-22-7-6-21-15-29(3,36)11-12-30(21,4)24(22)8-10-31(25,5)28(23)27(35)18-34-17-20-9-13-32-16-26(20)33-34/h3*8,10,15,19-20,22-25,29,37H,7,9,11-14,16-18H2,1-6H3;9,13,16-17,19,21-25,28,36H,6-8,10-12,14-15,18H2,1-5H3/t3*20-,22+,23-,24-,25-,29+,30+,31-,32-;21-,22+,23-,24-,25-,28+,29+,30-,31-/m0000/s1. The number of nitrogens with zero attached hydrogens (tertiary/aromatic N) is 12. The zero-order valence-corrected chi connectivity index (χ0v) is 95.6. The third-order valence-electron chi connectivity index (χ3n) is 48.7. The Hall–Kier alpha value is -7.60. The van der Waals surface area contributed by atoms with Crippen LogP contribution in [0, 0.1) is 209 Å². The molecule has 3 aromatic carbocycles. The summed E-state index contributed by atoms with van der Waals surface area (Å²) < 4.78 is 21.6. The smallest absolute Gasteiger partial charge is 0.160 e. The predicted molar refractivity (Wildman–Crippen MR) is 588 cm³/mol. The van der Waals surface area contributed by atoms with Crippen molar-refractivity contribution >= 4 is 67.1 Å². The van der Waals surface area contributed by atoms with Crippen LogP contribution in [0.3, 0.4) is 0 Å². The second-order valence-corrected chi connectivity index (χ2v) is 58.0. The molecule has 0 aliphatic heterocycles. The second-order valence-electron chi connectivity index (χ2n) is 58.0. The summed E-state index contributed by atoms with van der Waals surface area (Å²) in [6, 6.07) is 19.2. The van der Waals surface area contributed by atoms with E-state index in [0.717, 1.165) is 187 Å². The first-order chi connectivity index (χ1) is 70.9. The van der Waals surface area contributed by atoms with Crippen LogP contribution >= 0.6 is 0 Å². The van der Waals surface area contributed by atoms with E-state index >= 15 is 0 Å². The molecule has 8 aromatic rings. The van der Waals surface area contributed by atoms with Crippen molar-refractivity contribution in [2.45, 2.75) is 393 Å². The van der Waals surface area contributed by atoms with E-state index in [2.05, 4.69) is 159 Å². The van der Waals surface area contributed by atoms with Gasteiger partial charge >= 0.3 is 0 Å². The van der Waals surface area contributed by atoms with Crippen LogP contribution in [0.4, 0.5) is 0 Å². The molecular weight excluding hydrogens is 1870 g/mol. The van der Waals surface area contributed by atoms with E-state index < -0.39 is 22.4 Å². The minimum atomic E-state index is -0.497. The topological polar surface area (TPSA) is 300 Å². The Labute approximate surface area is 894 Å². The van der Waals surface area contributed by atoms with Gasteiger partial charge in [0.05, 0.1) is 67.5 Å². The van der Waals surface area contributed by atoms with Crippen LogP contribution in [0.15, 0.2) is 79.3 Å². The molecule has 0 spiro atoms. The number of carbonyl (C=O) groups is 4. The molecule has 16 aliphatic carbocycles. The highest BCUT2D eigenvalue weighted by Gasteiger charge is 2.71. The number of Topliss-reactive ketones (excluding diaryl/α,β-unsaturated/α-hetero) is 4. The summed E-state index contributed by atoms with van der Waals surface area (Å²) in [6.07, 6.45) is 42.0. The summed E-state index contributed by atoms with van der Waals surface area (Å²) in [4.78, 5) is 62.5. The van der Waals surface area contributed by atoms with Gasteiger partial charge in [0.1, 0.15) is 64.5 Å². The minimum absolute atomic E-state index is 0.0462. The van der Waals surface area contributed by atoms with E-state index in [1.807, 2.05) is 92.3 Å². The van der Waals surface area contributed by atoms with E-state index in [9.17, 15) is 39.6 Å². The van der Waals surface area contributed by atoms with Crippen molar-refractivity contribution in [1.82, 2.24) is 59.7 Å². The maximum atomic E-state index is 14.3. The molecule has 5 heterocycles. The lowest BCUT2D eigenvalue weighted by molar-refractivity contribution is -0.151. The molecular formula is C127H186N12O11. The summed E-state index contributed by atoms with van der Waals surface area (Å²) in [7, 11) is 4.96. The quantitative estimate of drug-likeness (QED) is 0.0585. The van der Waals surface area contributed by atoms with Crippen LogP contribution in [-0.2, 0) is 45.4 Å². The lowest BCUT2D eigenvalue weighted by atomic mass is 9.44. The highest BCUT2D eigenvalue weighted by Crippen LogP contribution is 2.76. The van der Waals surface area contributed by atoms with Gasteiger partial charge in [0.25, 0.3) is 0 Å². The summed E-state index contributed by atoms with van der Waals surface area (Å²) in [5.41, 5.74) is 5.36. The van der Waals surface area contributed by atoms with Gasteiger partial charge in [-0.15, -0.1) is 10.2 Å². The number of fused-ring (bicyclic) bond motifs is 24. The molecule has 36 atom stereocenters. The number of benzene rings is 3. The van der Waals surface area contributed by atoms with Gasteiger partial charge in [-0.3, -0.25) is 28.8 Å². The Balaban J connectivity index is 0.000000117. The molecule has 4 N–H and O–H groups in total. The first-order valence-electron chi connectivity index (χ1n) is 59.8. The number of pyridine rings is 1. The van der Waals surface area contributed by atoms with Crippen molar-refractivity contribution in [3.8, 4) is 17.2 Å². The van der Waals surface area contributed by atoms with Crippen LogP contribution in [0.25, 0.3) is 44.0 Å². The number of ketones is 4. The highest BCUT2D eigenvalue weighted by molar-refractivity contribution is 5.87. The number of hydrogen-bond acceptors (Lipinski definition) is 19. The maximum absolute atomic E-state index is 14.3. The predicted octanol–water partition coefficient (Wildman–Crippen LogP) is 25.2. The third-order valence-corrected chi connectivity index (χ3v) is 48.7. The summed E-state index contributed by atoms with van der Waals surface area (Å²) >= 11 is 0. The Bertz CT molecular complexity index is 6250. The van der Waals surface area contributed by atoms with Crippen molar-refractivity contribution in [2.24, 2.45) is 209 Å². The largest absolute Gasteiger partial charge is 0.497 e. The third kappa shape index (κ3) is 18.7. The lowest BCUT2D eigenvalue weighted by Crippen LogP contribution is -2.55. The Morgan fingerprint density at radius 3 is 1.03 bits per heavy atom. The maximum Gasteiger partial charge on any atom is 0.160 e. The SMILES string of the molecule is CC(C)[C@@H]1C[C@H]2[C@@H]3CC[C@H]4C[C@](C)(O)CC[C@]4(C)[C@H]3CC[C@]2(C)[C@H]1C(=O)Cn1cc2ccncc2n1.COc1ccc2c(c1)nnn2CC(=O)[C@H]1[C@H](C(C)C)C[C@H]2[C@@H]3CC[C@H]4C[C@](C)(O)CC[C@]4(C)[C@H]3CC[C@@]21C.COc1ccc2nn(CC(=O)[C@H]3[C@H](C(C)C)C[C@H]4[C@@H]5CC[C@H]6C[C@](C)(O)CC[C@]6(C)[C@H]5CC[C@@]43C)nc2c1.COc1ccc2nnn(CC(=O)[C@H]3[C@H](C(C)C)C[C@H]4[C@@H]5CC[C@H]6C[C@](C)(O)CC[C@]6(C)[C@H]5CC[C@@]43C)c2c1. The van der Waals surface area contributed by atoms with E-state index in [4.69, 9.17) is 14.2 Å². The fourth-order valence-electron chi connectivity index (χ4n) is 40.7. The Morgan fingerprint density at radius 2 is 0.660 bits per heavy atom.